The van der Waals surface area contributed by atoms with Gasteiger partial charge in [0.2, 0.25) is 0 Å². The first-order valence-corrected chi connectivity index (χ1v) is 6.67. The normalized spacial score (nSPS) is 22.5. The molecule has 1 aliphatic rings. The lowest BCUT2D eigenvalue weighted by Gasteiger charge is -2.37. The minimum atomic E-state index is -1.58. The molecular weight excluding hydrogens is 275 g/mol. The molecular formula is C14H15FN4O2. The van der Waals surface area contributed by atoms with Crippen molar-refractivity contribution in [2.45, 2.75) is 18.4 Å². The SMILES string of the molecule is NC(=O)[C@]1(O)CCCN(c2ncnc3ccc(F)cc23)C1. The van der Waals surface area contributed by atoms with E-state index < -0.39 is 11.5 Å². The van der Waals surface area contributed by atoms with E-state index in [9.17, 15) is 14.3 Å². The molecule has 0 bridgehead atoms. The Labute approximate surface area is 120 Å². The Morgan fingerprint density at radius 3 is 3.00 bits per heavy atom. The van der Waals surface area contributed by atoms with Crippen molar-refractivity contribution in [2.75, 3.05) is 18.0 Å². The van der Waals surface area contributed by atoms with Gasteiger partial charge in [0.05, 0.1) is 12.1 Å². The van der Waals surface area contributed by atoms with Gasteiger partial charge in [-0.15, -0.1) is 0 Å². The van der Waals surface area contributed by atoms with Crippen LogP contribution in [0.4, 0.5) is 10.2 Å². The van der Waals surface area contributed by atoms with Gasteiger partial charge >= 0.3 is 0 Å². The van der Waals surface area contributed by atoms with Crippen LogP contribution in [0.15, 0.2) is 24.5 Å². The molecule has 0 aliphatic carbocycles. The number of β-amino-alcohol motifs (C(OH)–C–C–N with tert-alkyl or cyclic N) is 1. The molecule has 2 heterocycles. The molecule has 0 radical (unpaired) electrons. The maximum Gasteiger partial charge on any atom is 0.251 e. The van der Waals surface area contributed by atoms with Crippen LogP contribution in [0, 0.1) is 5.82 Å². The molecule has 110 valence electrons. The van der Waals surface area contributed by atoms with E-state index in [4.69, 9.17) is 5.73 Å². The predicted molar refractivity (Wildman–Crippen MR) is 75.1 cm³/mol. The van der Waals surface area contributed by atoms with E-state index in [0.717, 1.165) is 0 Å². The van der Waals surface area contributed by atoms with E-state index in [1.54, 1.807) is 11.0 Å². The largest absolute Gasteiger partial charge is 0.378 e. The summed E-state index contributed by atoms with van der Waals surface area (Å²) in [4.78, 5) is 21.4. The smallest absolute Gasteiger partial charge is 0.251 e. The van der Waals surface area contributed by atoms with Gasteiger partial charge in [-0.1, -0.05) is 0 Å². The summed E-state index contributed by atoms with van der Waals surface area (Å²) in [6, 6.07) is 4.25. The highest BCUT2D eigenvalue weighted by atomic mass is 19.1. The molecule has 0 spiro atoms. The Bertz CT molecular complexity index is 708. The Kier molecular flexibility index (Phi) is 3.21. The molecule has 1 aliphatic heterocycles. The zero-order valence-corrected chi connectivity index (χ0v) is 11.3. The lowest BCUT2D eigenvalue weighted by Crippen LogP contribution is -2.56. The second-order valence-electron chi connectivity index (χ2n) is 5.28. The Morgan fingerprint density at radius 1 is 1.43 bits per heavy atom. The number of carbonyl (C=O) groups is 1. The third-order valence-electron chi connectivity index (χ3n) is 3.81. The molecule has 6 nitrogen and oxygen atoms in total. The first-order valence-electron chi connectivity index (χ1n) is 6.67. The summed E-state index contributed by atoms with van der Waals surface area (Å²) < 4.78 is 13.5. The van der Waals surface area contributed by atoms with Gasteiger partial charge in [0.1, 0.15) is 18.0 Å². The van der Waals surface area contributed by atoms with Crippen molar-refractivity contribution in [1.29, 1.82) is 0 Å². The fourth-order valence-electron chi connectivity index (χ4n) is 2.69. The lowest BCUT2D eigenvalue weighted by molar-refractivity contribution is -0.137. The lowest BCUT2D eigenvalue weighted by atomic mass is 9.92. The molecule has 1 aromatic heterocycles. The third-order valence-corrected chi connectivity index (χ3v) is 3.81. The van der Waals surface area contributed by atoms with Crippen molar-refractivity contribution in [2.24, 2.45) is 5.73 Å². The van der Waals surface area contributed by atoms with E-state index >= 15 is 0 Å². The third kappa shape index (κ3) is 2.40. The number of primary amides is 1. The van der Waals surface area contributed by atoms with Crippen LogP contribution in [0.5, 0.6) is 0 Å². The molecule has 1 aromatic carbocycles. The zero-order chi connectivity index (χ0) is 15.0. The minimum Gasteiger partial charge on any atom is -0.378 e. The molecule has 21 heavy (non-hydrogen) atoms. The second-order valence-corrected chi connectivity index (χ2v) is 5.28. The average Bonchev–Trinajstić information content (AvgIpc) is 2.46. The summed E-state index contributed by atoms with van der Waals surface area (Å²) in [7, 11) is 0. The van der Waals surface area contributed by atoms with Crippen LogP contribution in [-0.2, 0) is 4.79 Å². The number of benzene rings is 1. The van der Waals surface area contributed by atoms with Crippen molar-refractivity contribution in [3.63, 3.8) is 0 Å². The van der Waals surface area contributed by atoms with E-state index in [2.05, 4.69) is 9.97 Å². The molecule has 1 fully saturated rings. The molecule has 0 unspecified atom stereocenters. The number of nitrogens with zero attached hydrogens (tertiary/aromatic N) is 3. The number of aliphatic hydroxyl groups is 1. The summed E-state index contributed by atoms with van der Waals surface area (Å²) in [5, 5.41) is 10.8. The van der Waals surface area contributed by atoms with Crippen molar-refractivity contribution in [1.82, 2.24) is 9.97 Å². The van der Waals surface area contributed by atoms with Crippen LogP contribution < -0.4 is 10.6 Å². The van der Waals surface area contributed by atoms with Gasteiger partial charge in [0.15, 0.2) is 5.60 Å². The molecule has 3 rings (SSSR count). The fraction of sp³-hybridized carbons (Fsp3) is 0.357. The van der Waals surface area contributed by atoms with Crippen LogP contribution in [0.3, 0.4) is 0 Å². The standard InChI is InChI=1S/C14H15FN4O2/c15-9-2-3-11-10(6-9)12(18-8-17-11)19-5-1-4-14(21,7-19)13(16)20/h2-3,6,8,21H,1,4-5,7H2,(H2,16,20)/t14-/m0/s1. The van der Waals surface area contributed by atoms with Gasteiger partial charge < -0.3 is 15.7 Å². The molecule has 1 atom stereocenters. The predicted octanol–water partition coefficient (Wildman–Crippen LogP) is 0.585. The first kappa shape index (κ1) is 13.7. The quantitative estimate of drug-likeness (QED) is 0.844. The minimum absolute atomic E-state index is 0.0466. The molecule has 0 saturated carbocycles. The van der Waals surface area contributed by atoms with Crippen molar-refractivity contribution in [3.05, 3.63) is 30.3 Å². The van der Waals surface area contributed by atoms with Crippen molar-refractivity contribution >= 4 is 22.6 Å². The van der Waals surface area contributed by atoms with Crippen molar-refractivity contribution < 1.29 is 14.3 Å². The van der Waals surface area contributed by atoms with Crippen molar-refractivity contribution in [3.8, 4) is 0 Å². The molecule has 1 saturated heterocycles. The number of piperidine rings is 1. The van der Waals surface area contributed by atoms with Crippen LogP contribution in [0.2, 0.25) is 0 Å². The molecule has 1 amide bonds. The van der Waals surface area contributed by atoms with Gasteiger partial charge in [0.25, 0.3) is 5.91 Å². The average molecular weight is 290 g/mol. The summed E-state index contributed by atoms with van der Waals surface area (Å²) >= 11 is 0. The van der Waals surface area contributed by atoms with Crippen LogP contribution in [0.25, 0.3) is 10.9 Å². The summed E-state index contributed by atoms with van der Waals surface area (Å²) in [5.41, 5.74) is 4.30. The maximum absolute atomic E-state index is 13.5. The van der Waals surface area contributed by atoms with Gasteiger partial charge in [-0.2, -0.15) is 0 Å². The highest BCUT2D eigenvalue weighted by Gasteiger charge is 2.39. The number of fused-ring (bicyclic) bond motifs is 1. The van der Waals surface area contributed by atoms with Crippen LogP contribution in [-0.4, -0.2) is 39.7 Å². The van der Waals surface area contributed by atoms with E-state index in [-0.39, 0.29) is 12.4 Å². The Morgan fingerprint density at radius 2 is 2.24 bits per heavy atom. The Balaban J connectivity index is 2.04. The topological polar surface area (TPSA) is 92.3 Å². The monoisotopic (exact) mass is 290 g/mol. The number of carbonyl (C=O) groups excluding carboxylic acids is 1. The molecule has 7 heteroatoms. The summed E-state index contributed by atoms with van der Waals surface area (Å²) in [6.07, 6.45) is 2.30. The number of aromatic nitrogens is 2. The second kappa shape index (κ2) is 4.92. The summed E-state index contributed by atoms with van der Waals surface area (Å²) in [6.45, 7) is 0.656. The summed E-state index contributed by atoms with van der Waals surface area (Å²) in [5.74, 6) is -0.642. The van der Waals surface area contributed by atoms with Crippen LogP contribution in [0.1, 0.15) is 12.8 Å². The van der Waals surface area contributed by atoms with E-state index in [1.807, 2.05) is 0 Å². The van der Waals surface area contributed by atoms with Crippen LogP contribution >= 0.6 is 0 Å². The molecule has 3 N–H and O–H groups in total. The van der Waals surface area contributed by atoms with Gasteiger partial charge in [0, 0.05) is 11.9 Å². The number of halogens is 1. The Hall–Kier alpha value is -2.28. The highest BCUT2D eigenvalue weighted by molar-refractivity contribution is 5.90. The van der Waals surface area contributed by atoms with E-state index in [0.29, 0.717) is 36.1 Å². The first-order chi connectivity index (χ1) is 9.99. The highest BCUT2D eigenvalue weighted by Crippen LogP contribution is 2.29. The zero-order valence-electron chi connectivity index (χ0n) is 11.3. The number of amides is 1. The van der Waals surface area contributed by atoms with Gasteiger partial charge in [-0.25, -0.2) is 14.4 Å². The number of rotatable bonds is 2. The molecule has 2 aromatic rings. The fourth-order valence-corrected chi connectivity index (χ4v) is 2.69. The van der Waals surface area contributed by atoms with Gasteiger partial charge in [-0.05, 0) is 31.0 Å². The number of anilines is 1. The maximum atomic E-state index is 13.5. The van der Waals surface area contributed by atoms with Gasteiger partial charge in [-0.3, -0.25) is 4.79 Å². The number of hydrogen-bond donors (Lipinski definition) is 2. The van der Waals surface area contributed by atoms with E-state index in [1.165, 1.54) is 18.5 Å². The number of hydrogen-bond acceptors (Lipinski definition) is 5. The number of nitrogens with two attached hydrogens (primary N) is 1.